The second-order valence-electron chi connectivity index (χ2n) is 5.92. The van der Waals surface area contributed by atoms with Crippen molar-refractivity contribution in [3.63, 3.8) is 0 Å². The van der Waals surface area contributed by atoms with E-state index in [-0.39, 0.29) is 11.7 Å². The number of hydrogen-bond donors (Lipinski definition) is 1. The Morgan fingerprint density at radius 1 is 1.07 bits per heavy atom. The highest BCUT2D eigenvalue weighted by atomic mass is 16.5. The van der Waals surface area contributed by atoms with Gasteiger partial charge < -0.3 is 23.9 Å². The van der Waals surface area contributed by atoms with Gasteiger partial charge in [-0.1, -0.05) is 24.3 Å². The highest BCUT2D eigenvalue weighted by Crippen LogP contribution is 2.28. The summed E-state index contributed by atoms with van der Waals surface area (Å²) in [6, 6.07) is 13.1. The van der Waals surface area contributed by atoms with Crippen LogP contribution >= 0.6 is 0 Å². The predicted octanol–water partition coefficient (Wildman–Crippen LogP) is 3.92. The Balaban J connectivity index is 1.80. The molecule has 0 aliphatic heterocycles. The standard InChI is InChI=1S/C21H23NO5/c1-4-26-13-16-15-7-5-6-8-17(15)27-20(16)21(23)22-12-14-9-10-18(24-2)19(11-14)25-3/h5-11H,4,12-13H2,1-3H3,(H,22,23). The molecule has 1 N–H and O–H groups in total. The minimum absolute atomic E-state index is 0.282. The Bertz CT molecular complexity index is 931. The number of rotatable bonds is 8. The Morgan fingerprint density at radius 2 is 1.85 bits per heavy atom. The monoisotopic (exact) mass is 369 g/mol. The van der Waals surface area contributed by atoms with E-state index in [0.29, 0.717) is 36.8 Å². The van der Waals surface area contributed by atoms with E-state index >= 15 is 0 Å². The molecule has 0 unspecified atom stereocenters. The molecule has 6 nitrogen and oxygen atoms in total. The Morgan fingerprint density at radius 3 is 2.59 bits per heavy atom. The number of carbonyl (C=O) groups excluding carboxylic acids is 1. The van der Waals surface area contributed by atoms with Gasteiger partial charge in [0, 0.05) is 24.1 Å². The van der Waals surface area contributed by atoms with Gasteiger partial charge in [0.1, 0.15) is 5.58 Å². The molecule has 0 saturated carbocycles. The molecule has 3 aromatic rings. The van der Waals surface area contributed by atoms with Crippen molar-refractivity contribution in [1.82, 2.24) is 5.32 Å². The maximum absolute atomic E-state index is 12.7. The molecule has 2 aromatic carbocycles. The zero-order chi connectivity index (χ0) is 19.2. The van der Waals surface area contributed by atoms with Gasteiger partial charge in [0.25, 0.3) is 5.91 Å². The van der Waals surface area contributed by atoms with Crippen molar-refractivity contribution in [3.05, 3.63) is 59.4 Å². The number of nitrogens with one attached hydrogen (secondary N) is 1. The summed E-state index contributed by atoms with van der Waals surface area (Å²) >= 11 is 0. The van der Waals surface area contributed by atoms with Gasteiger partial charge >= 0.3 is 0 Å². The summed E-state index contributed by atoms with van der Waals surface area (Å²) in [5.41, 5.74) is 2.32. The fraction of sp³-hybridized carbons (Fsp3) is 0.286. The number of amides is 1. The van der Waals surface area contributed by atoms with Gasteiger partial charge in [0.2, 0.25) is 0 Å². The lowest BCUT2D eigenvalue weighted by molar-refractivity contribution is 0.0912. The molecule has 0 atom stereocenters. The second-order valence-corrected chi connectivity index (χ2v) is 5.92. The number of hydrogen-bond acceptors (Lipinski definition) is 5. The number of methoxy groups -OCH3 is 2. The maximum Gasteiger partial charge on any atom is 0.287 e. The van der Waals surface area contributed by atoms with Crippen molar-refractivity contribution < 1.29 is 23.4 Å². The SMILES string of the molecule is CCOCc1c(C(=O)NCc2ccc(OC)c(OC)c2)oc2ccccc12. The van der Waals surface area contributed by atoms with Crippen LogP contribution in [0.3, 0.4) is 0 Å². The normalized spacial score (nSPS) is 10.8. The first kappa shape index (κ1) is 18.8. The molecule has 0 bridgehead atoms. The van der Waals surface area contributed by atoms with E-state index in [9.17, 15) is 4.79 Å². The Hall–Kier alpha value is -2.99. The molecule has 6 heteroatoms. The minimum Gasteiger partial charge on any atom is -0.493 e. The summed E-state index contributed by atoms with van der Waals surface area (Å²) in [6.07, 6.45) is 0. The third-order valence-corrected chi connectivity index (χ3v) is 4.26. The van der Waals surface area contributed by atoms with Crippen molar-refractivity contribution in [2.45, 2.75) is 20.1 Å². The average Bonchev–Trinajstić information content (AvgIpc) is 3.08. The molecular formula is C21H23NO5. The smallest absolute Gasteiger partial charge is 0.287 e. The molecule has 0 aliphatic rings. The van der Waals surface area contributed by atoms with Crippen LogP contribution in [-0.4, -0.2) is 26.7 Å². The van der Waals surface area contributed by atoms with Crippen molar-refractivity contribution >= 4 is 16.9 Å². The first-order chi connectivity index (χ1) is 13.2. The van der Waals surface area contributed by atoms with Crippen LogP contribution in [-0.2, 0) is 17.9 Å². The summed E-state index contributed by atoms with van der Waals surface area (Å²) in [6.45, 7) is 3.14. The van der Waals surface area contributed by atoms with Crippen LogP contribution < -0.4 is 14.8 Å². The molecule has 0 radical (unpaired) electrons. The Kier molecular flexibility index (Phi) is 5.98. The van der Waals surface area contributed by atoms with E-state index in [2.05, 4.69) is 5.32 Å². The summed E-state index contributed by atoms with van der Waals surface area (Å²) in [7, 11) is 3.16. The van der Waals surface area contributed by atoms with Crippen molar-refractivity contribution in [2.24, 2.45) is 0 Å². The van der Waals surface area contributed by atoms with Crippen molar-refractivity contribution in [3.8, 4) is 11.5 Å². The topological polar surface area (TPSA) is 69.9 Å². The van der Waals surface area contributed by atoms with Crippen LogP contribution in [0, 0.1) is 0 Å². The van der Waals surface area contributed by atoms with Gasteiger partial charge in [-0.2, -0.15) is 0 Å². The third-order valence-electron chi connectivity index (χ3n) is 4.26. The molecule has 1 heterocycles. The zero-order valence-electron chi connectivity index (χ0n) is 15.7. The molecule has 3 rings (SSSR count). The van der Waals surface area contributed by atoms with Crippen LogP contribution in [0.2, 0.25) is 0 Å². The number of furan rings is 1. The first-order valence-electron chi connectivity index (χ1n) is 8.75. The fourth-order valence-corrected chi connectivity index (χ4v) is 2.88. The van der Waals surface area contributed by atoms with E-state index in [1.807, 2.05) is 49.4 Å². The number of ether oxygens (including phenoxy) is 3. The zero-order valence-corrected chi connectivity index (χ0v) is 15.7. The number of fused-ring (bicyclic) bond motifs is 1. The van der Waals surface area contributed by atoms with Crippen LogP contribution in [0.25, 0.3) is 11.0 Å². The highest BCUT2D eigenvalue weighted by molar-refractivity contribution is 5.99. The molecule has 0 saturated heterocycles. The average molecular weight is 369 g/mol. The number of carbonyl (C=O) groups is 1. The molecular weight excluding hydrogens is 346 g/mol. The van der Waals surface area contributed by atoms with Crippen molar-refractivity contribution in [2.75, 3.05) is 20.8 Å². The fourth-order valence-electron chi connectivity index (χ4n) is 2.88. The van der Waals surface area contributed by atoms with Gasteiger partial charge in [-0.25, -0.2) is 0 Å². The molecule has 1 amide bonds. The van der Waals surface area contributed by atoms with Gasteiger partial charge in [-0.05, 0) is 30.7 Å². The third kappa shape index (κ3) is 4.06. The predicted molar refractivity (Wildman–Crippen MR) is 102 cm³/mol. The van der Waals surface area contributed by atoms with E-state index in [0.717, 1.165) is 16.5 Å². The summed E-state index contributed by atoms with van der Waals surface area (Å²) in [5, 5.41) is 3.79. The summed E-state index contributed by atoms with van der Waals surface area (Å²) < 4.78 is 21.8. The van der Waals surface area contributed by atoms with E-state index in [4.69, 9.17) is 18.6 Å². The van der Waals surface area contributed by atoms with Gasteiger partial charge in [-0.15, -0.1) is 0 Å². The molecule has 0 aliphatic carbocycles. The van der Waals surface area contributed by atoms with E-state index in [1.54, 1.807) is 14.2 Å². The van der Waals surface area contributed by atoms with Crippen LogP contribution in [0.4, 0.5) is 0 Å². The molecule has 0 fully saturated rings. The Labute approximate surface area is 158 Å². The molecule has 1 aromatic heterocycles. The van der Waals surface area contributed by atoms with Crippen LogP contribution in [0.1, 0.15) is 28.6 Å². The highest BCUT2D eigenvalue weighted by Gasteiger charge is 2.20. The lowest BCUT2D eigenvalue weighted by Crippen LogP contribution is -2.23. The maximum atomic E-state index is 12.7. The summed E-state index contributed by atoms with van der Waals surface area (Å²) in [5.74, 6) is 1.26. The van der Waals surface area contributed by atoms with Gasteiger partial charge in [-0.3, -0.25) is 4.79 Å². The van der Waals surface area contributed by atoms with Crippen LogP contribution in [0.15, 0.2) is 46.9 Å². The molecule has 0 spiro atoms. The number of para-hydroxylation sites is 1. The van der Waals surface area contributed by atoms with Gasteiger partial charge in [0.15, 0.2) is 17.3 Å². The molecule has 27 heavy (non-hydrogen) atoms. The number of benzene rings is 2. The molecule has 142 valence electrons. The van der Waals surface area contributed by atoms with Crippen LogP contribution in [0.5, 0.6) is 11.5 Å². The first-order valence-corrected chi connectivity index (χ1v) is 8.75. The van der Waals surface area contributed by atoms with Gasteiger partial charge in [0.05, 0.1) is 20.8 Å². The second kappa shape index (κ2) is 8.60. The minimum atomic E-state index is -0.282. The lowest BCUT2D eigenvalue weighted by atomic mass is 10.1. The largest absolute Gasteiger partial charge is 0.493 e. The van der Waals surface area contributed by atoms with E-state index < -0.39 is 0 Å². The van der Waals surface area contributed by atoms with Crippen molar-refractivity contribution in [1.29, 1.82) is 0 Å². The van der Waals surface area contributed by atoms with E-state index in [1.165, 1.54) is 0 Å². The lowest BCUT2D eigenvalue weighted by Gasteiger charge is -2.10. The quantitative estimate of drug-likeness (QED) is 0.652. The summed E-state index contributed by atoms with van der Waals surface area (Å²) in [4.78, 5) is 12.7.